The van der Waals surface area contributed by atoms with Crippen LogP contribution in [-0.2, 0) is 65.4 Å². The predicted molar refractivity (Wildman–Crippen MR) is 354 cm³/mol. The molecule has 0 aromatic rings. The highest BCUT2D eigenvalue weighted by Crippen LogP contribution is 2.45. The minimum Gasteiger partial charge on any atom is -0.462 e. The zero-order valence-corrected chi connectivity index (χ0v) is 58.1. The van der Waals surface area contributed by atoms with Gasteiger partial charge in [0.05, 0.1) is 26.4 Å². The third kappa shape index (κ3) is 62.4. The van der Waals surface area contributed by atoms with Crippen molar-refractivity contribution in [1.29, 1.82) is 0 Å². The molecular formula is C69H130O17P2. The van der Waals surface area contributed by atoms with Crippen LogP contribution in [0.3, 0.4) is 0 Å². The minimum absolute atomic E-state index is 0.0853. The number of rotatable bonds is 67. The van der Waals surface area contributed by atoms with E-state index in [1.807, 2.05) is 0 Å². The van der Waals surface area contributed by atoms with E-state index in [4.69, 9.17) is 37.0 Å². The second kappa shape index (κ2) is 62.0. The fourth-order valence-corrected chi connectivity index (χ4v) is 11.5. The van der Waals surface area contributed by atoms with Gasteiger partial charge in [0.2, 0.25) is 0 Å². The smallest absolute Gasteiger partial charge is 0.462 e. The summed E-state index contributed by atoms with van der Waals surface area (Å²) < 4.78 is 68.2. The zero-order chi connectivity index (χ0) is 64.9. The lowest BCUT2D eigenvalue weighted by molar-refractivity contribution is -0.161. The molecule has 0 rings (SSSR count). The van der Waals surface area contributed by atoms with Crippen molar-refractivity contribution in [2.24, 2.45) is 5.92 Å². The van der Waals surface area contributed by atoms with Crippen LogP contribution >= 0.6 is 15.6 Å². The van der Waals surface area contributed by atoms with Crippen LogP contribution in [0.5, 0.6) is 0 Å². The molecule has 0 aliphatic rings. The maximum absolute atomic E-state index is 13.0. The molecule has 5 atom stereocenters. The molecule has 0 bridgehead atoms. The van der Waals surface area contributed by atoms with E-state index < -0.39 is 97.5 Å². The summed E-state index contributed by atoms with van der Waals surface area (Å²) in [5.74, 6) is -1.44. The Hall–Kier alpha value is -2.46. The molecule has 2 unspecified atom stereocenters. The van der Waals surface area contributed by atoms with E-state index in [0.29, 0.717) is 25.7 Å². The molecule has 19 heteroatoms. The van der Waals surface area contributed by atoms with Crippen LogP contribution in [0.1, 0.15) is 330 Å². The number of hydrogen-bond acceptors (Lipinski definition) is 15. The summed E-state index contributed by atoms with van der Waals surface area (Å²) in [6.07, 6.45) is 50.7. The summed E-state index contributed by atoms with van der Waals surface area (Å²) in [6.45, 7) is 7.12. The fourth-order valence-electron chi connectivity index (χ4n) is 9.93. The molecule has 0 fully saturated rings. The molecule has 0 aliphatic carbocycles. The number of ether oxygens (including phenoxy) is 4. The maximum Gasteiger partial charge on any atom is 0.472 e. The van der Waals surface area contributed by atoms with Gasteiger partial charge in [0, 0.05) is 25.7 Å². The standard InChI is InChI=1S/C69H130O17P2/c1-6-9-12-15-18-21-24-26-27-28-30-33-39-44-49-54-68(73)85-64(58-80-67(72)53-48-43-38-32-29-25-22-19-16-13-10-7-2)60-83-87(75,76)81-56-63(70)57-82-88(77,78)84-61-65(59-79-66(71)52-47-42-37-31-23-20-17-14-11-8-3)86-69(74)55-50-45-40-35-34-36-41-46-51-62(4)5/h21,24,26-27,62-65,70H,6-20,22-23,25,28-61H2,1-5H3,(H,75,76)(H,77,78)/b24-21-,27-26-/t63-,64-,65-/m1/s1. The Balaban J connectivity index is 5.28. The Kier molecular flexibility index (Phi) is 60.3. The number of hydrogen-bond donors (Lipinski definition) is 3. The first-order valence-electron chi connectivity index (χ1n) is 35.5. The van der Waals surface area contributed by atoms with Crippen LogP contribution in [0.25, 0.3) is 0 Å². The monoisotopic (exact) mass is 1290 g/mol. The molecule has 17 nitrogen and oxygen atoms in total. The van der Waals surface area contributed by atoms with Gasteiger partial charge in [-0.2, -0.15) is 0 Å². The van der Waals surface area contributed by atoms with Crippen molar-refractivity contribution in [1.82, 2.24) is 0 Å². The van der Waals surface area contributed by atoms with Gasteiger partial charge in [0.25, 0.3) is 0 Å². The van der Waals surface area contributed by atoms with Gasteiger partial charge in [-0.25, -0.2) is 9.13 Å². The van der Waals surface area contributed by atoms with Gasteiger partial charge >= 0.3 is 39.5 Å². The van der Waals surface area contributed by atoms with Crippen molar-refractivity contribution in [2.75, 3.05) is 39.6 Å². The van der Waals surface area contributed by atoms with Crippen LogP contribution < -0.4 is 0 Å². The third-order valence-electron chi connectivity index (χ3n) is 15.4. The summed E-state index contributed by atoms with van der Waals surface area (Å²) in [6, 6.07) is 0. The van der Waals surface area contributed by atoms with Crippen molar-refractivity contribution in [3.8, 4) is 0 Å². The number of unbranched alkanes of at least 4 members (excludes halogenated alkanes) is 36. The zero-order valence-electron chi connectivity index (χ0n) is 56.3. The predicted octanol–water partition coefficient (Wildman–Crippen LogP) is 19.3. The van der Waals surface area contributed by atoms with Crippen molar-refractivity contribution in [3.63, 3.8) is 0 Å². The van der Waals surface area contributed by atoms with E-state index in [9.17, 15) is 43.2 Å². The molecule has 3 N–H and O–H groups in total. The third-order valence-corrected chi connectivity index (χ3v) is 17.3. The molecule has 0 spiro atoms. The highest BCUT2D eigenvalue weighted by atomic mass is 31.2. The molecule has 0 aromatic carbocycles. The Morgan fingerprint density at radius 3 is 0.932 bits per heavy atom. The number of allylic oxidation sites excluding steroid dienone is 4. The second-order valence-corrected chi connectivity index (χ2v) is 27.6. The highest BCUT2D eigenvalue weighted by molar-refractivity contribution is 7.47. The van der Waals surface area contributed by atoms with Crippen LogP contribution in [0, 0.1) is 5.92 Å². The fraction of sp³-hybridized carbons (Fsp3) is 0.884. The van der Waals surface area contributed by atoms with E-state index in [0.717, 1.165) is 109 Å². The summed E-state index contributed by atoms with van der Waals surface area (Å²) in [4.78, 5) is 72.4. The number of carbonyl (C=O) groups is 4. The molecule has 0 heterocycles. The number of phosphoric acid groups is 2. The van der Waals surface area contributed by atoms with Gasteiger partial charge in [0.15, 0.2) is 12.2 Å². The molecular weight excluding hydrogens is 1160 g/mol. The van der Waals surface area contributed by atoms with Crippen LogP contribution in [0.4, 0.5) is 0 Å². The number of esters is 4. The van der Waals surface area contributed by atoms with E-state index >= 15 is 0 Å². The Labute approximate surface area is 535 Å². The molecule has 88 heavy (non-hydrogen) atoms. The first kappa shape index (κ1) is 85.5. The van der Waals surface area contributed by atoms with E-state index in [-0.39, 0.29) is 25.7 Å². The van der Waals surface area contributed by atoms with Crippen molar-refractivity contribution in [3.05, 3.63) is 24.3 Å². The SMILES string of the molecule is CCCCCC/C=C\C=C/CCCCCCCC(=O)O[C@H](COC(=O)CCCCCCCCCCCCCC)COP(=O)(O)OC[C@@H](O)COP(=O)(O)OC[C@@H](COC(=O)CCCCCCCCCCCC)OC(=O)CCCCCCCCCCC(C)C. The van der Waals surface area contributed by atoms with Crippen molar-refractivity contribution >= 4 is 39.5 Å². The first-order valence-corrected chi connectivity index (χ1v) is 38.4. The highest BCUT2D eigenvalue weighted by Gasteiger charge is 2.30. The lowest BCUT2D eigenvalue weighted by Crippen LogP contribution is -2.30. The number of carbonyl (C=O) groups excluding carboxylic acids is 4. The lowest BCUT2D eigenvalue weighted by Gasteiger charge is -2.21. The second-order valence-electron chi connectivity index (χ2n) is 24.7. The Morgan fingerprint density at radius 2 is 0.614 bits per heavy atom. The number of phosphoric ester groups is 2. The van der Waals surface area contributed by atoms with E-state index in [2.05, 4.69) is 58.9 Å². The normalized spacial score (nSPS) is 14.3. The number of aliphatic hydroxyl groups excluding tert-OH is 1. The van der Waals surface area contributed by atoms with Gasteiger partial charge in [-0.1, -0.05) is 277 Å². The molecule has 0 aromatic heterocycles. The quantitative estimate of drug-likeness (QED) is 0.0169. The average molecular weight is 1290 g/mol. The van der Waals surface area contributed by atoms with Gasteiger partial charge in [0.1, 0.15) is 19.3 Å². The molecule has 0 amide bonds. The summed E-state index contributed by atoms with van der Waals surface area (Å²) in [7, 11) is -9.91. The lowest BCUT2D eigenvalue weighted by atomic mass is 10.0. The molecule has 0 saturated carbocycles. The van der Waals surface area contributed by atoms with Crippen molar-refractivity contribution < 1.29 is 80.2 Å². The van der Waals surface area contributed by atoms with E-state index in [1.165, 1.54) is 141 Å². The molecule has 0 saturated heterocycles. The minimum atomic E-state index is -4.96. The summed E-state index contributed by atoms with van der Waals surface area (Å²) in [5.41, 5.74) is 0. The van der Waals surface area contributed by atoms with E-state index in [1.54, 1.807) is 0 Å². The summed E-state index contributed by atoms with van der Waals surface area (Å²) >= 11 is 0. The first-order chi connectivity index (χ1) is 42.5. The van der Waals surface area contributed by atoms with Gasteiger partial charge in [-0.05, 0) is 57.3 Å². The van der Waals surface area contributed by atoms with Crippen LogP contribution in [0.2, 0.25) is 0 Å². The van der Waals surface area contributed by atoms with Gasteiger partial charge < -0.3 is 33.8 Å². The topological polar surface area (TPSA) is 237 Å². The van der Waals surface area contributed by atoms with Gasteiger partial charge in [-0.15, -0.1) is 0 Å². The maximum atomic E-state index is 13.0. The number of aliphatic hydroxyl groups is 1. The van der Waals surface area contributed by atoms with Gasteiger partial charge in [-0.3, -0.25) is 37.3 Å². The Bertz CT molecular complexity index is 1800. The average Bonchev–Trinajstić information content (AvgIpc) is 3.49. The Morgan fingerprint density at radius 1 is 0.352 bits per heavy atom. The summed E-state index contributed by atoms with van der Waals surface area (Å²) in [5, 5.41) is 10.6. The molecule has 518 valence electrons. The van der Waals surface area contributed by atoms with Crippen molar-refractivity contribution in [2.45, 2.75) is 348 Å². The largest absolute Gasteiger partial charge is 0.472 e. The van der Waals surface area contributed by atoms with Crippen LogP contribution in [-0.4, -0.2) is 96.7 Å². The van der Waals surface area contributed by atoms with Crippen LogP contribution in [0.15, 0.2) is 24.3 Å². The molecule has 0 aliphatic heterocycles. The molecule has 0 radical (unpaired) electrons.